The minimum absolute atomic E-state index is 0.0406. The summed E-state index contributed by atoms with van der Waals surface area (Å²) in [5, 5.41) is 5.61. The number of thioether (sulfide) groups is 1. The summed E-state index contributed by atoms with van der Waals surface area (Å²) in [7, 11) is 0. The summed E-state index contributed by atoms with van der Waals surface area (Å²) in [6.45, 7) is 1.47. The molecule has 0 aromatic heterocycles. The molecule has 0 aliphatic carbocycles. The van der Waals surface area contributed by atoms with Crippen molar-refractivity contribution in [2.75, 3.05) is 11.1 Å². The Bertz CT molecular complexity index is 416. The van der Waals surface area contributed by atoms with Crippen LogP contribution >= 0.6 is 11.8 Å². The molecule has 1 saturated heterocycles. The molecule has 5 heteroatoms. The summed E-state index contributed by atoms with van der Waals surface area (Å²) in [6.07, 6.45) is 0. The minimum atomic E-state index is -0.0868. The molecule has 1 atom stereocenters. The lowest BCUT2D eigenvalue weighted by molar-refractivity contribution is -0.118. The Morgan fingerprint density at radius 2 is 2.12 bits per heavy atom. The highest BCUT2D eigenvalue weighted by molar-refractivity contribution is 8.00. The van der Waals surface area contributed by atoms with Gasteiger partial charge in [-0.2, -0.15) is 0 Å². The van der Waals surface area contributed by atoms with Crippen LogP contribution in [0.1, 0.15) is 17.9 Å². The van der Waals surface area contributed by atoms with Crippen molar-refractivity contribution in [3.05, 3.63) is 29.8 Å². The average molecular weight is 236 g/mol. The average Bonchev–Trinajstić information content (AvgIpc) is 2.65. The van der Waals surface area contributed by atoms with Crippen LogP contribution in [-0.4, -0.2) is 17.6 Å². The normalized spacial score (nSPS) is 19.3. The first-order chi connectivity index (χ1) is 7.65. The molecular formula is C11H12N2O2S. The van der Waals surface area contributed by atoms with Crippen LogP contribution < -0.4 is 10.6 Å². The molecule has 1 heterocycles. The predicted octanol–water partition coefficient (Wildman–Crippen LogP) is 1.51. The van der Waals surface area contributed by atoms with Crippen LogP contribution in [-0.2, 0) is 9.59 Å². The lowest BCUT2D eigenvalue weighted by Gasteiger charge is -2.10. The molecule has 2 amide bonds. The van der Waals surface area contributed by atoms with Gasteiger partial charge in [0.1, 0.15) is 5.37 Å². The summed E-state index contributed by atoms with van der Waals surface area (Å²) in [5.74, 6) is 0.496. The highest BCUT2D eigenvalue weighted by atomic mass is 32.2. The number of amides is 2. The maximum atomic E-state index is 11.1. The first-order valence-corrected chi connectivity index (χ1v) is 5.98. The molecule has 0 radical (unpaired) electrons. The van der Waals surface area contributed by atoms with Crippen LogP contribution in [0, 0.1) is 0 Å². The van der Waals surface area contributed by atoms with E-state index in [4.69, 9.17) is 0 Å². The largest absolute Gasteiger partial charge is 0.339 e. The number of hydrogen-bond donors (Lipinski definition) is 2. The van der Waals surface area contributed by atoms with Crippen molar-refractivity contribution in [2.45, 2.75) is 12.3 Å². The van der Waals surface area contributed by atoms with E-state index in [0.29, 0.717) is 5.75 Å². The molecule has 1 aliphatic heterocycles. The number of carbonyl (C=O) groups excluding carboxylic acids is 2. The van der Waals surface area contributed by atoms with Crippen molar-refractivity contribution in [1.29, 1.82) is 0 Å². The number of hydrogen-bond acceptors (Lipinski definition) is 3. The SMILES string of the molecule is CC(=O)Nc1ccc([C@H]2NC(=O)CS2)cc1. The quantitative estimate of drug-likeness (QED) is 0.818. The maximum Gasteiger partial charge on any atom is 0.231 e. The Kier molecular flexibility index (Phi) is 3.14. The number of carbonyl (C=O) groups is 2. The molecule has 0 bridgehead atoms. The highest BCUT2D eigenvalue weighted by Gasteiger charge is 2.22. The van der Waals surface area contributed by atoms with Crippen molar-refractivity contribution in [3.8, 4) is 0 Å². The van der Waals surface area contributed by atoms with Crippen molar-refractivity contribution in [3.63, 3.8) is 0 Å². The molecule has 0 spiro atoms. The van der Waals surface area contributed by atoms with Crippen molar-refractivity contribution < 1.29 is 9.59 Å². The molecule has 0 saturated carbocycles. The first kappa shape index (κ1) is 11.0. The second-order valence-corrected chi connectivity index (χ2v) is 4.66. The Balaban J connectivity index is 2.07. The van der Waals surface area contributed by atoms with Gasteiger partial charge in [-0.3, -0.25) is 9.59 Å². The van der Waals surface area contributed by atoms with Crippen LogP contribution in [0.15, 0.2) is 24.3 Å². The van der Waals surface area contributed by atoms with E-state index in [9.17, 15) is 9.59 Å². The Morgan fingerprint density at radius 1 is 1.44 bits per heavy atom. The van der Waals surface area contributed by atoms with E-state index < -0.39 is 0 Å². The topological polar surface area (TPSA) is 58.2 Å². The molecule has 0 unspecified atom stereocenters. The Morgan fingerprint density at radius 3 is 2.62 bits per heavy atom. The van der Waals surface area contributed by atoms with Gasteiger partial charge in [0.15, 0.2) is 0 Å². The van der Waals surface area contributed by atoms with E-state index in [0.717, 1.165) is 11.3 Å². The van der Waals surface area contributed by atoms with Crippen LogP contribution in [0.4, 0.5) is 5.69 Å². The number of benzene rings is 1. The molecule has 2 N–H and O–H groups in total. The molecule has 1 fully saturated rings. The van der Waals surface area contributed by atoms with Crippen molar-refractivity contribution in [2.24, 2.45) is 0 Å². The Hall–Kier alpha value is -1.49. The smallest absolute Gasteiger partial charge is 0.231 e. The molecular weight excluding hydrogens is 224 g/mol. The molecule has 4 nitrogen and oxygen atoms in total. The zero-order valence-electron chi connectivity index (χ0n) is 8.82. The first-order valence-electron chi connectivity index (χ1n) is 4.93. The summed E-state index contributed by atoms with van der Waals surface area (Å²) in [6, 6.07) is 7.49. The summed E-state index contributed by atoms with van der Waals surface area (Å²) >= 11 is 1.58. The second kappa shape index (κ2) is 4.57. The van der Waals surface area contributed by atoms with Gasteiger partial charge in [-0.15, -0.1) is 11.8 Å². The highest BCUT2D eigenvalue weighted by Crippen LogP contribution is 2.30. The molecule has 2 rings (SSSR count). The molecule has 16 heavy (non-hydrogen) atoms. The van der Waals surface area contributed by atoms with Crippen LogP contribution in [0.3, 0.4) is 0 Å². The summed E-state index contributed by atoms with van der Waals surface area (Å²) in [5.41, 5.74) is 1.82. The van der Waals surface area contributed by atoms with Crippen molar-refractivity contribution in [1.82, 2.24) is 5.32 Å². The lowest BCUT2D eigenvalue weighted by Crippen LogP contribution is -2.18. The standard InChI is InChI=1S/C11H12N2O2S/c1-7(14)12-9-4-2-8(3-5-9)11-13-10(15)6-16-11/h2-5,11H,6H2,1H3,(H,12,14)(H,13,15)/t11-/m0/s1. The third-order valence-corrected chi connectivity index (χ3v) is 3.36. The Labute approximate surface area is 97.8 Å². The van der Waals surface area contributed by atoms with Gasteiger partial charge in [0.25, 0.3) is 0 Å². The van der Waals surface area contributed by atoms with Gasteiger partial charge in [0.05, 0.1) is 5.75 Å². The van der Waals surface area contributed by atoms with E-state index >= 15 is 0 Å². The maximum absolute atomic E-state index is 11.1. The predicted molar refractivity (Wildman–Crippen MR) is 64.1 cm³/mol. The van der Waals surface area contributed by atoms with Gasteiger partial charge in [0, 0.05) is 12.6 Å². The van der Waals surface area contributed by atoms with Crippen LogP contribution in [0.2, 0.25) is 0 Å². The zero-order chi connectivity index (χ0) is 11.5. The lowest BCUT2D eigenvalue weighted by atomic mass is 10.2. The van der Waals surface area contributed by atoms with Gasteiger partial charge in [-0.25, -0.2) is 0 Å². The van der Waals surface area contributed by atoms with E-state index in [1.807, 2.05) is 24.3 Å². The molecule has 84 valence electrons. The fourth-order valence-electron chi connectivity index (χ4n) is 1.51. The molecule has 1 aliphatic rings. The fourth-order valence-corrected chi connectivity index (χ4v) is 2.48. The number of rotatable bonds is 2. The van der Waals surface area contributed by atoms with E-state index in [-0.39, 0.29) is 17.2 Å². The summed E-state index contributed by atoms with van der Waals surface area (Å²) in [4.78, 5) is 21.9. The van der Waals surface area contributed by atoms with Gasteiger partial charge in [0.2, 0.25) is 11.8 Å². The van der Waals surface area contributed by atoms with Gasteiger partial charge in [-0.05, 0) is 17.7 Å². The third kappa shape index (κ3) is 2.55. The second-order valence-electron chi connectivity index (χ2n) is 3.56. The molecule has 1 aromatic carbocycles. The van der Waals surface area contributed by atoms with Gasteiger partial charge < -0.3 is 10.6 Å². The zero-order valence-corrected chi connectivity index (χ0v) is 9.64. The fraction of sp³-hybridized carbons (Fsp3) is 0.273. The number of nitrogens with one attached hydrogen (secondary N) is 2. The monoisotopic (exact) mass is 236 g/mol. The third-order valence-electron chi connectivity index (χ3n) is 2.21. The van der Waals surface area contributed by atoms with E-state index in [1.165, 1.54) is 6.92 Å². The minimum Gasteiger partial charge on any atom is -0.339 e. The van der Waals surface area contributed by atoms with E-state index in [2.05, 4.69) is 10.6 Å². The van der Waals surface area contributed by atoms with E-state index in [1.54, 1.807) is 11.8 Å². The van der Waals surface area contributed by atoms with Crippen molar-refractivity contribution >= 4 is 29.3 Å². The number of anilines is 1. The molecule has 1 aromatic rings. The van der Waals surface area contributed by atoms with Crippen LogP contribution in [0.25, 0.3) is 0 Å². The van der Waals surface area contributed by atoms with Gasteiger partial charge >= 0.3 is 0 Å². The van der Waals surface area contributed by atoms with Gasteiger partial charge in [-0.1, -0.05) is 12.1 Å². The summed E-state index contributed by atoms with van der Waals surface area (Å²) < 4.78 is 0. The van der Waals surface area contributed by atoms with Crippen LogP contribution in [0.5, 0.6) is 0 Å².